The Morgan fingerprint density at radius 3 is 2.35 bits per heavy atom. The molecule has 160 valence electrons. The number of methoxy groups -OCH3 is 2. The van der Waals surface area contributed by atoms with Crippen LogP contribution in [0, 0.1) is 0 Å². The van der Waals surface area contributed by atoms with Crippen molar-refractivity contribution in [3.05, 3.63) is 77.0 Å². The lowest BCUT2D eigenvalue weighted by molar-refractivity contribution is 0.1000. The topological polar surface area (TPSA) is 86.9 Å². The molecule has 2 heterocycles. The van der Waals surface area contributed by atoms with Crippen molar-refractivity contribution in [1.29, 1.82) is 0 Å². The van der Waals surface area contributed by atoms with Crippen molar-refractivity contribution >= 4 is 5.91 Å². The minimum Gasteiger partial charge on any atom is -0.493 e. The Hall–Kier alpha value is -3.58. The first-order valence-corrected chi connectivity index (χ1v) is 10.0. The molecule has 1 aliphatic heterocycles. The number of fused-ring (bicyclic) bond motifs is 1. The Morgan fingerprint density at radius 2 is 1.74 bits per heavy atom. The van der Waals surface area contributed by atoms with Gasteiger partial charge in [0.25, 0.3) is 0 Å². The molecule has 0 bridgehead atoms. The number of nitrogens with zero attached hydrogens (tertiary/aromatic N) is 2. The second-order valence-electron chi connectivity index (χ2n) is 7.43. The quantitative estimate of drug-likeness (QED) is 0.630. The Kier molecular flexibility index (Phi) is 6.04. The molecular weight excluding hydrogens is 394 g/mol. The third-order valence-corrected chi connectivity index (χ3v) is 5.37. The van der Waals surface area contributed by atoms with Gasteiger partial charge in [0.15, 0.2) is 11.5 Å². The average molecular weight is 419 g/mol. The van der Waals surface area contributed by atoms with E-state index in [4.69, 9.17) is 19.9 Å². The van der Waals surface area contributed by atoms with Crippen molar-refractivity contribution < 1.29 is 19.0 Å². The molecule has 1 amide bonds. The van der Waals surface area contributed by atoms with E-state index in [9.17, 15) is 4.79 Å². The van der Waals surface area contributed by atoms with Gasteiger partial charge in [-0.25, -0.2) is 4.98 Å². The van der Waals surface area contributed by atoms with Crippen molar-refractivity contribution in [2.45, 2.75) is 19.5 Å². The Morgan fingerprint density at radius 1 is 1.03 bits per heavy atom. The molecule has 0 unspecified atom stereocenters. The molecule has 7 nitrogen and oxygen atoms in total. The van der Waals surface area contributed by atoms with E-state index >= 15 is 0 Å². The van der Waals surface area contributed by atoms with E-state index in [1.165, 1.54) is 22.9 Å². The van der Waals surface area contributed by atoms with Crippen molar-refractivity contribution in [3.63, 3.8) is 0 Å². The molecule has 1 aliphatic rings. The number of carbonyl (C=O) groups excluding carboxylic acids is 1. The normalized spacial score (nSPS) is 13.4. The summed E-state index contributed by atoms with van der Waals surface area (Å²) in [6, 6.07) is 15.3. The maximum atomic E-state index is 11.1. The van der Waals surface area contributed by atoms with Crippen molar-refractivity contribution in [3.8, 4) is 23.1 Å². The molecule has 0 aliphatic carbocycles. The maximum absolute atomic E-state index is 11.1. The largest absolute Gasteiger partial charge is 0.493 e. The lowest BCUT2D eigenvalue weighted by Crippen LogP contribution is -2.30. The van der Waals surface area contributed by atoms with Gasteiger partial charge in [-0.15, -0.1) is 0 Å². The lowest BCUT2D eigenvalue weighted by Gasteiger charge is -2.29. The predicted molar refractivity (Wildman–Crippen MR) is 117 cm³/mol. The van der Waals surface area contributed by atoms with Gasteiger partial charge in [0, 0.05) is 31.9 Å². The number of pyridine rings is 1. The van der Waals surface area contributed by atoms with Crippen LogP contribution in [0.25, 0.3) is 0 Å². The van der Waals surface area contributed by atoms with Crippen LogP contribution in [-0.2, 0) is 19.5 Å². The van der Waals surface area contributed by atoms with Gasteiger partial charge >= 0.3 is 0 Å². The van der Waals surface area contributed by atoms with Gasteiger partial charge in [-0.2, -0.15) is 0 Å². The number of aromatic nitrogens is 1. The minimum atomic E-state index is -0.513. The summed E-state index contributed by atoms with van der Waals surface area (Å²) in [7, 11) is 3.33. The van der Waals surface area contributed by atoms with Crippen molar-refractivity contribution in [2.24, 2.45) is 5.73 Å². The fourth-order valence-corrected chi connectivity index (χ4v) is 3.70. The van der Waals surface area contributed by atoms with Crippen molar-refractivity contribution in [2.75, 3.05) is 20.8 Å². The number of rotatable bonds is 7. The summed E-state index contributed by atoms with van der Waals surface area (Å²) in [5, 5.41) is 0. The van der Waals surface area contributed by atoms with E-state index in [2.05, 4.69) is 34.1 Å². The van der Waals surface area contributed by atoms with E-state index < -0.39 is 5.91 Å². The number of carbonyl (C=O) groups is 1. The van der Waals surface area contributed by atoms with Crippen LogP contribution in [0.1, 0.15) is 27.0 Å². The molecule has 1 aromatic heterocycles. The summed E-state index contributed by atoms with van der Waals surface area (Å²) < 4.78 is 16.6. The number of ether oxygens (including phenoxy) is 3. The Balaban J connectivity index is 1.39. The second-order valence-corrected chi connectivity index (χ2v) is 7.43. The predicted octanol–water partition coefficient (Wildman–Crippen LogP) is 3.55. The lowest BCUT2D eigenvalue weighted by atomic mass is 9.98. The number of hydrogen-bond acceptors (Lipinski definition) is 6. The molecule has 0 saturated carbocycles. The number of primary amides is 1. The highest BCUT2D eigenvalue weighted by Crippen LogP contribution is 2.33. The highest BCUT2D eigenvalue weighted by atomic mass is 16.5. The third kappa shape index (κ3) is 4.78. The van der Waals surface area contributed by atoms with Crippen LogP contribution >= 0.6 is 0 Å². The zero-order valence-corrected chi connectivity index (χ0v) is 17.6. The fraction of sp³-hybridized carbons (Fsp3) is 0.250. The van der Waals surface area contributed by atoms with Gasteiger partial charge in [-0.1, -0.05) is 12.1 Å². The summed E-state index contributed by atoms with van der Waals surface area (Å²) in [6.07, 6.45) is 2.38. The third-order valence-electron chi connectivity index (χ3n) is 5.37. The molecule has 0 saturated heterocycles. The molecule has 0 fully saturated rings. The number of hydrogen-bond donors (Lipinski definition) is 1. The van der Waals surface area contributed by atoms with Crippen LogP contribution in [-0.4, -0.2) is 36.6 Å². The number of nitrogens with two attached hydrogens (primary N) is 1. The fourth-order valence-electron chi connectivity index (χ4n) is 3.70. The van der Waals surface area contributed by atoms with E-state index in [1.54, 1.807) is 26.4 Å². The van der Waals surface area contributed by atoms with Crippen LogP contribution in [0.15, 0.2) is 54.7 Å². The molecule has 4 rings (SSSR count). The van der Waals surface area contributed by atoms with Crippen LogP contribution in [0.2, 0.25) is 0 Å². The molecule has 0 atom stereocenters. The Bertz CT molecular complexity index is 1070. The van der Waals surface area contributed by atoms with Gasteiger partial charge in [0.1, 0.15) is 5.75 Å². The first-order chi connectivity index (χ1) is 15.1. The molecule has 0 radical (unpaired) electrons. The highest BCUT2D eigenvalue weighted by Gasteiger charge is 2.19. The SMILES string of the molecule is COc1cc2c(cc1OC)CN(Cc1ccc(Oc3ccc(C(N)=O)cn3)cc1)CC2. The van der Waals surface area contributed by atoms with Gasteiger partial charge in [0.2, 0.25) is 11.8 Å². The molecule has 2 aromatic carbocycles. The summed E-state index contributed by atoms with van der Waals surface area (Å²) in [5.74, 6) is 2.13. The Labute approximate surface area is 181 Å². The molecule has 31 heavy (non-hydrogen) atoms. The molecule has 3 aromatic rings. The maximum Gasteiger partial charge on any atom is 0.250 e. The van der Waals surface area contributed by atoms with Gasteiger partial charge in [-0.3, -0.25) is 9.69 Å². The van der Waals surface area contributed by atoms with Gasteiger partial charge in [0.05, 0.1) is 19.8 Å². The monoisotopic (exact) mass is 419 g/mol. The van der Waals surface area contributed by atoms with E-state index in [-0.39, 0.29) is 0 Å². The zero-order valence-electron chi connectivity index (χ0n) is 17.6. The first kappa shape index (κ1) is 20.7. The summed E-state index contributed by atoms with van der Waals surface area (Å²) in [6.45, 7) is 2.70. The van der Waals surface area contributed by atoms with Crippen LogP contribution in [0.3, 0.4) is 0 Å². The van der Waals surface area contributed by atoms with E-state index in [0.29, 0.717) is 17.2 Å². The van der Waals surface area contributed by atoms with Gasteiger partial charge in [-0.05, 0) is 53.4 Å². The van der Waals surface area contributed by atoms with Crippen LogP contribution < -0.4 is 19.9 Å². The van der Waals surface area contributed by atoms with E-state index in [0.717, 1.165) is 37.6 Å². The molecule has 0 spiro atoms. The summed E-state index contributed by atoms with van der Waals surface area (Å²) >= 11 is 0. The first-order valence-electron chi connectivity index (χ1n) is 10.0. The summed E-state index contributed by atoms with van der Waals surface area (Å²) in [5.41, 5.74) is 9.36. The highest BCUT2D eigenvalue weighted by molar-refractivity contribution is 5.92. The second kappa shape index (κ2) is 9.06. The van der Waals surface area contributed by atoms with Crippen LogP contribution in [0.4, 0.5) is 0 Å². The average Bonchev–Trinajstić information content (AvgIpc) is 2.79. The van der Waals surface area contributed by atoms with E-state index in [1.807, 2.05) is 12.1 Å². The van der Waals surface area contributed by atoms with Crippen molar-refractivity contribution in [1.82, 2.24) is 9.88 Å². The molecular formula is C24H25N3O4. The molecule has 2 N–H and O–H groups in total. The number of amides is 1. The standard InChI is InChI=1S/C24H25N3O4/c1-29-21-11-17-9-10-27(15-19(17)12-22(21)30-2)14-16-3-6-20(7-4-16)31-23-8-5-18(13-26-23)24(25)28/h3-8,11-13H,9-10,14-15H2,1-2H3,(H2,25,28). The summed E-state index contributed by atoms with van der Waals surface area (Å²) in [4.78, 5) is 17.6. The molecule has 7 heteroatoms. The smallest absolute Gasteiger partial charge is 0.250 e. The zero-order chi connectivity index (χ0) is 21.8. The number of benzene rings is 2. The minimum absolute atomic E-state index is 0.349. The van der Waals surface area contributed by atoms with Crippen LogP contribution in [0.5, 0.6) is 23.1 Å². The van der Waals surface area contributed by atoms with Gasteiger partial charge < -0.3 is 19.9 Å².